The first-order valence-corrected chi connectivity index (χ1v) is 8.63. The number of hydrogen-bond donors (Lipinski definition) is 1. The molecule has 0 saturated carbocycles. The summed E-state index contributed by atoms with van der Waals surface area (Å²) in [4.78, 5) is 2.75. The average Bonchev–Trinajstić information content (AvgIpc) is 2.60. The molecule has 23 heavy (non-hydrogen) atoms. The number of azide groups is 1. The number of aliphatic hydroxyl groups is 1. The lowest BCUT2D eigenvalue weighted by molar-refractivity contribution is -0.264. The summed E-state index contributed by atoms with van der Waals surface area (Å²) in [6.07, 6.45) is 0.941. The highest BCUT2D eigenvalue weighted by atomic mass is 32.2. The lowest BCUT2D eigenvalue weighted by Gasteiger charge is -2.37. The van der Waals surface area contributed by atoms with Crippen LogP contribution < -0.4 is 0 Å². The smallest absolute Gasteiger partial charge is 0.184 e. The number of benzene rings is 1. The molecule has 1 aliphatic heterocycles. The molecule has 1 aromatic rings. The molecule has 0 spiro atoms. The van der Waals surface area contributed by atoms with Gasteiger partial charge in [0.15, 0.2) is 6.29 Å². The van der Waals surface area contributed by atoms with Crippen molar-refractivity contribution in [1.29, 1.82) is 0 Å². The van der Waals surface area contributed by atoms with Crippen molar-refractivity contribution in [2.75, 3.05) is 19.5 Å². The highest BCUT2D eigenvalue weighted by Crippen LogP contribution is 2.29. The summed E-state index contributed by atoms with van der Waals surface area (Å²) in [7, 11) is 0. The molecule has 2 rings (SSSR count). The van der Waals surface area contributed by atoms with Crippen molar-refractivity contribution in [3.8, 4) is 0 Å². The molecule has 1 aliphatic rings. The molecule has 0 aliphatic carbocycles. The number of ether oxygens (including phenoxy) is 3. The van der Waals surface area contributed by atoms with Crippen LogP contribution in [0.25, 0.3) is 10.4 Å². The standard InChI is InChI=1S/C15H21N3O4S/c1-10-13(22-15(23-2)12(8-19)17-18-16)9-20-14(21-10)11-6-4-3-5-7-11/h3-7,10,12-15,19H,8-9H2,1-2H3/t10-,12-,13?,14?,15-/m0/s1. The summed E-state index contributed by atoms with van der Waals surface area (Å²) in [6, 6.07) is 9.07. The molecule has 7 nitrogen and oxygen atoms in total. The van der Waals surface area contributed by atoms with E-state index in [4.69, 9.17) is 19.7 Å². The zero-order valence-electron chi connectivity index (χ0n) is 13.1. The predicted molar refractivity (Wildman–Crippen MR) is 87.9 cm³/mol. The SMILES string of the molecule is CS[C@H](OC1COC(c2ccccc2)O[C@H]1C)[C@H](CO)N=[N+]=[N-]. The molecular weight excluding hydrogens is 318 g/mol. The highest BCUT2D eigenvalue weighted by Gasteiger charge is 2.33. The number of nitrogens with zero attached hydrogens (tertiary/aromatic N) is 3. The monoisotopic (exact) mass is 339 g/mol. The lowest BCUT2D eigenvalue weighted by atomic mass is 10.1. The number of thioether (sulfide) groups is 1. The van der Waals surface area contributed by atoms with Crippen molar-refractivity contribution in [2.45, 2.75) is 36.9 Å². The van der Waals surface area contributed by atoms with Crippen LogP contribution in [0, 0.1) is 0 Å². The van der Waals surface area contributed by atoms with E-state index in [1.54, 1.807) is 0 Å². The molecule has 0 amide bonds. The Hall–Kier alpha value is -1.28. The van der Waals surface area contributed by atoms with E-state index >= 15 is 0 Å². The highest BCUT2D eigenvalue weighted by molar-refractivity contribution is 7.99. The molecule has 1 aromatic carbocycles. The summed E-state index contributed by atoms with van der Waals surface area (Å²) >= 11 is 1.38. The van der Waals surface area contributed by atoms with Gasteiger partial charge in [0, 0.05) is 10.5 Å². The van der Waals surface area contributed by atoms with Gasteiger partial charge in [-0.15, -0.1) is 11.8 Å². The Morgan fingerprint density at radius 3 is 2.78 bits per heavy atom. The van der Waals surface area contributed by atoms with Gasteiger partial charge in [-0.05, 0) is 18.7 Å². The van der Waals surface area contributed by atoms with Gasteiger partial charge < -0.3 is 19.3 Å². The Bertz CT molecular complexity index is 527. The van der Waals surface area contributed by atoms with Gasteiger partial charge in [-0.25, -0.2) is 0 Å². The van der Waals surface area contributed by atoms with E-state index in [0.29, 0.717) is 6.61 Å². The summed E-state index contributed by atoms with van der Waals surface area (Å²) in [5.74, 6) is 0. The first-order chi connectivity index (χ1) is 11.2. The van der Waals surface area contributed by atoms with Gasteiger partial charge in [0.1, 0.15) is 11.5 Å². The quantitative estimate of drug-likeness (QED) is 0.356. The molecular formula is C15H21N3O4S. The van der Waals surface area contributed by atoms with Crippen molar-refractivity contribution in [1.82, 2.24) is 0 Å². The number of hydrogen-bond acceptors (Lipinski definition) is 6. The Kier molecular flexibility index (Phi) is 7.16. The van der Waals surface area contributed by atoms with Crippen molar-refractivity contribution < 1.29 is 19.3 Å². The Morgan fingerprint density at radius 1 is 1.48 bits per heavy atom. The van der Waals surface area contributed by atoms with Gasteiger partial charge in [0.25, 0.3) is 0 Å². The second-order valence-electron chi connectivity index (χ2n) is 5.15. The van der Waals surface area contributed by atoms with Crippen LogP contribution >= 0.6 is 11.8 Å². The van der Waals surface area contributed by atoms with Crippen molar-refractivity contribution in [3.05, 3.63) is 46.3 Å². The van der Waals surface area contributed by atoms with Crippen LogP contribution in [0.5, 0.6) is 0 Å². The van der Waals surface area contributed by atoms with E-state index in [1.807, 2.05) is 43.5 Å². The summed E-state index contributed by atoms with van der Waals surface area (Å²) < 4.78 is 17.6. The maximum Gasteiger partial charge on any atom is 0.184 e. The fourth-order valence-corrected chi connectivity index (χ4v) is 3.00. The van der Waals surface area contributed by atoms with Crippen molar-refractivity contribution in [2.24, 2.45) is 5.11 Å². The molecule has 0 aromatic heterocycles. The van der Waals surface area contributed by atoms with Gasteiger partial charge in [0.2, 0.25) is 0 Å². The van der Waals surface area contributed by atoms with E-state index in [2.05, 4.69) is 10.0 Å². The van der Waals surface area contributed by atoms with Crippen LogP contribution in [0.4, 0.5) is 0 Å². The van der Waals surface area contributed by atoms with E-state index in [1.165, 1.54) is 11.8 Å². The normalized spacial score (nSPS) is 27.0. The van der Waals surface area contributed by atoms with E-state index < -0.39 is 17.8 Å². The third-order valence-corrected chi connectivity index (χ3v) is 4.48. The van der Waals surface area contributed by atoms with Crippen molar-refractivity contribution >= 4 is 11.8 Å². The maximum atomic E-state index is 9.32. The first-order valence-electron chi connectivity index (χ1n) is 7.35. The molecule has 1 heterocycles. The van der Waals surface area contributed by atoms with Gasteiger partial charge >= 0.3 is 0 Å². The van der Waals surface area contributed by atoms with Crippen LogP contribution in [-0.2, 0) is 14.2 Å². The summed E-state index contributed by atoms with van der Waals surface area (Å²) in [5, 5.41) is 12.9. The Balaban J connectivity index is 1.96. The molecule has 1 N–H and O–H groups in total. The molecule has 8 heteroatoms. The Labute approximate surface area is 139 Å². The minimum Gasteiger partial charge on any atom is -0.396 e. The zero-order valence-corrected chi connectivity index (χ0v) is 13.9. The lowest BCUT2D eigenvalue weighted by Crippen LogP contribution is -2.44. The molecule has 1 fully saturated rings. The summed E-state index contributed by atoms with van der Waals surface area (Å²) in [5.41, 5.74) is 9.07. The minimum absolute atomic E-state index is 0.186. The predicted octanol–water partition coefficient (Wildman–Crippen LogP) is 2.87. The molecule has 5 atom stereocenters. The van der Waals surface area contributed by atoms with Crippen molar-refractivity contribution in [3.63, 3.8) is 0 Å². The average molecular weight is 339 g/mol. The molecule has 126 valence electrons. The largest absolute Gasteiger partial charge is 0.396 e. The third kappa shape index (κ3) is 4.84. The second-order valence-corrected chi connectivity index (χ2v) is 6.09. The summed E-state index contributed by atoms with van der Waals surface area (Å²) in [6.45, 7) is 2.01. The molecule has 0 bridgehead atoms. The van der Waals surface area contributed by atoms with Crippen LogP contribution in [0.1, 0.15) is 18.8 Å². The van der Waals surface area contributed by atoms with Crippen LogP contribution in [0.3, 0.4) is 0 Å². The molecule has 0 radical (unpaired) electrons. The Morgan fingerprint density at radius 2 is 2.22 bits per heavy atom. The van der Waals surface area contributed by atoms with E-state index in [0.717, 1.165) is 5.56 Å². The van der Waals surface area contributed by atoms with Gasteiger partial charge in [-0.2, -0.15) is 0 Å². The molecule has 2 unspecified atom stereocenters. The van der Waals surface area contributed by atoms with Gasteiger partial charge in [-0.1, -0.05) is 35.4 Å². The topological polar surface area (TPSA) is 96.7 Å². The third-order valence-electron chi connectivity index (χ3n) is 3.59. The minimum atomic E-state index is -0.644. The van der Waals surface area contributed by atoms with Crippen LogP contribution in [-0.4, -0.2) is 48.3 Å². The fraction of sp³-hybridized carbons (Fsp3) is 0.600. The fourth-order valence-electron chi connectivity index (χ4n) is 2.29. The number of aliphatic hydroxyl groups excluding tert-OH is 1. The molecule has 1 saturated heterocycles. The number of rotatable bonds is 7. The second kappa shape index (κ2) is 9.12. The zero-order chi connectivity index (χ0) is 16.7. The van der Waals surface area contributed by atoms with E-state index in [-0.39, 0.29) is 18.8 Å². The van der Waals surface area contributed by atoms with Crippen LogP contribution in [0.2, 0.25) is 0 Å². The van der Waals surface area contributed by atoms with E-state index in [9.17, 15) is 5.11 Å². The van der Waals surface area contributed by atoms with Crippen LogP contribution in [0.15, 0.2) is 35.4 Å². The maximum absolute atomic E-state index is 9.32. The van der Waals surface area contributed by atoms with Gasteiger partial charge in [-0.3, -0.25) is 0 Å². The first kappa shape index (κ1) is 18.1. The van der Waals surface area contributed by atoms with Gasteiger partial charge in [0.05, 0.1) is 25.4 Å².